The highest BCUT2D eigenvalue weighted by Gasteiger charge is 2.24. The topological polar surface area (TPSA) is 72.9 Å². The molecule has 6 nitrogen and oxygen atoms in total. The Labute approximate surface area is 187 Å². The molecule has 3 aromatic rings. The Morgan fingerprint density at radius 3 is 1.88 bits per heavy atom. The maximum atomic E-state index is 13.1. The Hall–Kier alpha value is -3.93. The van der Waals surface area contributed by atoms with E-state index in [4.69, 9.17) is 9.47 Å². The fourth-order valence-electron chi connectivity index (χ4n) is 3.14. The number of amides is 1. The zero-order valence-electron chi connectivity index (χ0n) is 17.8. The van der Waals surface area contributed by atoms with E-state index >= 15 is 0 Å². The fourth-order valence-corrected chi connectivity index (χ4v) is 3.14. The molecule has 1 atom stereocenters. The van der Waals surface area contributed by atoms with Crippen molar-refractivity contribution in [2.24, 2.45) is 0 Å². The first-order chi connectivity index (χ1) is 15.5. The van der Waals surface area contributed by atoms with E-state index in [2.05, 4.69) is 0 Å². The second kappa shape index (κ2) is 11.5. The van der Waals surface area contributed by atoms with Gasteiger partial charge in [0, 0.05) is 18.7 Å². The highest BCUT2D eigenvalue weighted by Crippen LogP contribution is 2.14. The lowest BCUT2D eigenvalue weighted by Gasteiger charge is -2.26. The predicted octanol–water partition coefficient (Wildman–Crippen LogP) is 4.04. The second-order valence-electron chi connectivity index (χ2n) is 7.27. The van der Waals surface area contributed by atoms with Crippen molar-refractivity contribution in [1.29, 1.82) is 0 Å². The monoisotopic (exact) mass is 431 g/mol. The van der Waals surface area contributed by atoms with Crippen LogP contribution in [0.3, 0.4) is 0 Å². The van der Waals surface area contributed by atoms with Crippen LogP contribution in [0.5, 0.6) is 5.75 Å². The van der Waals surface area contributed by atoms with Crippen LogP contribution in [0.25, 0.3) is 0 Å². The molecule has 0 spiro atoms. The van der Waals surface area contributed by atoms with E-state index in [0.29, 0.717) is 24.4 Å². The van der Waals surface area contributed by atoms with E-state index in [1.807, 2.05) is 60.7 Å². The smallest absolute Gasteiger partial charge is 0.344 e. The lowest BCUT2D eigenvalue weighted by molar-refractivity contribution is -0.161. The summed E-state index contributed by atoms with van der Waals surface area (Å²) < 4.78 is 10.7. The van der Waals surface area contributed by atoms with Crippen molar-refractivity contribution >= 4 is 18.2 Å². The molecule has 1 unspecified atom stereocenters. The Balaban J connectivity index is 1.60. The summed E-state index contributed by atoms with van der Waals surface area (Å²) in [6.45, 7) is 2.02. The van der Waals surface area contributed by atoms with Gasteiger partial charge in [-0.05, 0) is 42.3 Å². The standard InChI is InChI=1S/C26H25NO5/c1-20(32-25(29)19-31-24-14-12-23(18-28)13-15-24)26(30)27(16-21-8-4-2-5-9-21)17-22-10-6-3-7-11-22/h2-15,18,20H,16-17,19H2,1H3. The number of carbonyl (C=O) groups excluding carboxylic acids is 3. The van der Waals surface area contributed by atoms with Gasteiger partial charge in [0.1, 0.15) is 12.0 Å². The molecule has 3 aromatic carbocycles. The maximum absolute atomic E-state index is 13.1. The molecule has 0 aliphatic rings. The lowest BCUT2D eigenvalue weighted by atomic mass is 10.1. The number of benzene rings is 3. The number of rotatable bonds is 10. The molecular formula is C26H25NO5. The van der Waals surface area contributed by atoms with Crippen LogP contribution in [0.1, 0.15) is 28.4 Å². The third kappa shape index (κ3) is 6.80. The molecule has 1 amide bonds. The average Bonchev–Trinajstić information content (AvgIpc) is 2.83. The molecule has 0 radical (unpaired) electrons. The molecule has 0 N–H and O–H groups in total. The summed E-state index contributed by atoms with van der Waals surface area (Å²) in [5.74, 6) is -0.507. The van der Waals surface area contributed by atoms with Crippen molar-refractivity contribution in [3.8, 4) is 5.75 Å². The molecule has 32 heavy (non-hydrogen) atoms. The van der Waals surface area contributed by atoms with E-state index in [1.54, 1.807) is 36.1 Å². The fraction of sp³-hybridized carbons (Fsp3) is 0.192. The third-order valence-corrected chi connectivity index (χ3v) is 4.77. The van der Waals surface area contributed by atoms with Crippen molar-refractivity contribution < 1.29 is 23.9 Å². The number of ether oxygens (including phenoxy) is 2. The highest BCUT2D eigenvalue weighted by molar-refractivity contribution is 5.84. The van der Waals surface area contributed by atoms with E-state index in [1.165, 1.54) is 0 Å². The molecule has 0 aliphatic carbocycles. The largest absolute Gasteiger partial charge is 0.482 e. The predicted molar refractivity (Wildman–Crippen MR) is 120 cm³/mol. The van der Waals surface area contributed by atoms with E-state index in [-0.39, 0.29) is 12.5 Å². The molecule has 0 fully saturated rings. The van der Waals surface area contributed by atoms with Gasteiger partial charge in [0.15, 0.2) is 12.7 Å². The highest BCUT2D eigenvalue weighted by atomic mass is 16.6. The Bertz CT molecular complexity index is 978. The molecular weight excluding hydrogens is 406 g/mol. The number of aldehydes is 1. The molecule has 0 saturated heterocycles. The van der Waals surface area contributed by atoms with Crippen molar-refractivity contribution in [2.75, 3.05) is 6.61 Å². The average molecular weight is 431 g/mol. The molecule has 0 bridgehead atoms. The minimum atomic E-state index is -0.962. The van der Waals surface area contributed by atoms with Gasteiger partial charge in [0.2, 0.25) is 0 Å². The van der Waals surface area contributed by atoms with Crippen LogP contribution in [0.2, 0.25) is 0 Å². The molecule has 0 saturated carbocycles. The van der Waals surface area contributed by atoms with Gasteiger partial charge in [-0.3, -0.25) is 9.59 Å². The SMILES string of the molecule is CC(OC(=O)COc1ccc(C=O)cc1)C(=O)N(Cc1ccccc1)Cc1ccccc1. The Morgan fingerprint density at radius 2 is 1.38 bits per heavy atom. The van der Waals surface area contributed by atoms with E-state index in [0.717, 1.165) is 17.4 Å². The quantitative estimate of drug-likeness (QED) is 0.358. The first-order valence-corrected chi connectivity index (χ1v) is 10.3. The Morgan fingerprint density at radius 1 is 0.844 bits per heavy atom. The van der Waals surface area contributed by atoms with Crippen molar-refractivity contribution in [3.63, 3.8) is 0 Å². The van der Waals surface area contributed by atoms with E-state index in [9.17, 15) is 14.4 Å². The van der Waals surface area contributed by atoms with Gasteiger partial charge in [-0.1, -0.05) is 60.7 Å². The number of nitrogens with zero attached hydrogens (tertiary/aromatic N) is 1. The summed E-state index contributed by atoms with van der Waals surface area (Å²) in [4.78, 5) is 37.7. The van der Waals surface area contributed by atoms with Gasteiger partial charge < -0.3 is 14.4 Å². The molecule has 6 heteroatoms. The summed E-state index contributed by atoms with van der Waals surface area (Å²) in [5, 5.41) is 0. The van der Waals surface area contributed by atoms with Crippen molar-refractivity contribution in [3.05, 3.63) is 102 Å². The van der Waals surface area contributed by atoms with Gasteiger partial charge in [0.05, 0.1) is 0 Å². The summed E-state index contributed by atoms with van der Waals surface area (Å²) in [7, 11) is 0. The minimum Gasteiger partial charge on any atom is -0.482 e. The number of carbonyl (C=O) groups is 3. The summed E-state index contributed by atoms with van der Waals surface area (Å²) in [6.07, 6.45) is -0.238. The molecule has 0 aromatic heterocycles. The van der Waals surface area contributed by atoms with Crippen LogP contribution in [-0.2, 0) is 27.4 Å². The third-order valence-electron chi connectivity index (χ3n) is 4.77. The van der Waals surface area contributed by atoms with Gasteiger partial charge in [-0.15, -0.1) is 0 Å². The normalized spacial score (nSPS) is 11.3. The van der Waals surface area contributed by atoms with Crippen LogP contribution in [0.4, 0.5) is 0 Å². The van der Waals surface area contributed by atoms with Crippen molar-refractivity contribution in [1.82, 2.24) is 4.90 Å². The summed E-state index contributed by atoms with van der Waals surface area (Å²) >= 11 is 0. The zero-order chi connectivity index (χ0) is 22.8. The van der Waals surface area contributed by atoms with Gasteiger partial charge >= 0.3 is 5.97 Å². The van der Waals surface area contributed by atoms with Gasteiger partial charge in [-0.2, -0.15) is 0 Å². The van der Waals surface area contributed by atoms with Crippen LogP contribution in [0.15, 0.2) is 84.9 Å². The molecule has 3 rings (SSSR count). The number of hydrogen-bond acceptors (Lipinski definition) is 5. The van der Waals surface area contributed by atoms with Crippen molar-refractivity contribution in [2.45, 2.75) is 26.1 Å². The van der Waals surface area contributed by atoms with Crippen LogP contribution in [0, 0.1) is 0 Å². The molecule has 164 valence electrons. The van der Waals surface area contributed by atoms with Gasteiger partial charge in [-0.25, -0.2) is 4.79 Å². The molecule has 0 heterocycles. The van der Waals surface area contributed by atoms with Gasteiger partial charge in [0.25, 0.3) is 5.91 Å². The van der Waals surface area contributed by atoms with Crippen LogP contribution < -0.4 is 4.74 Å². The Kier molecular flexibility index (Phi) is 8.15. The summed E-state index contributed by atoms with van der Waals surface area (Å²) in [6, 6.07) is 25.7. The minimum absolute atomic E-state index is 0.290. The number of hydrogen-bond donors (Lipinski definition) is 0. The maximum Gasteiger partial charge on any atom is 0.344 e. The summed E-state index contributed by atoms with van der Waals surface area (Å²) in [5.41, 5.74) is 2.48. The zero-order valence-corrected chi connectivity index (χ0v) is 17.8. The number of esters is 1. The van der Waals surface area contributed by atoms with Crippen LogP contribution in [-0.4, -0.2) is 35.8 Å². The van der Waals surface area contributed by atoms with E-state index < -0.39 is 12.1 Å². The second-order valence-corrected chi connectivity index (χ2v) is 7.27. The molecule has 0 aliphatic heterocycles. The van der Waals surface area contributed by atoms with Crippen LogP contribution >= 0.6 is 0 Å². The lowest BCUT2D eigenvalue weighted by Crippen LogP contribution is -2.39. The first kappa shape index (κ1) is 22.7. The first-order valence-electron chi connectivity index (χ1n) is 10.3.